The van der Waals surface area contributed by atoms with Gasteiger partial charge in [0.2, 0.25) is 17.7 Å². The minimum Gasteiger partial charge on any atom is -0.390 e. The van der Waals surface area contributed by atoms with Crippen LogP contribution in [0, 0.1) is 0 Å². The number of piperidine rings is 1. The largest absolute Gasteiger partial charge is 0.390 e. The van der Waals surface area contributed by atoms with Gasteiger partial charge in [-0.05, 0) is 50.5 Å². The van der Waals surface area contributed by atoms with E-state index in [9.17, 15) is 19.5 Å². The third-order valence-electron chi connectivity index (χ3n) is 6.27. The van der Waals surface area contributed by atoms with E-state index in [1.54, 1.807) is 39.8 Å². The van der Waals surface area contributed by atoms with Gasteiger partial charge in [0.1, 0.15) is 0 Å². The van der Waals surface area contributed by atoms with Gasteiger partial charge in [0.15, 0.2) is 0 Å². The van der Waals surface area contributed by atoms with E-state index in [2.05, 4.69) is 0 Å². The zero-order valence-electron chi connectivity index (χ0n) is 18.8. The molecular weight excluding hydrogens is 430 g/mol. The Bertz CT molecular complexity index is 876. The molecule has 2 fully saturated rings. The molecule has 8 heteroatoms. The Balaban J connectivity index is 1.53. The van der Waals surface area contributed by atoms with Crippen LogP contribution in [-0.2, 0) is 14.4 Å². The Morgan fingerprint density at radius 1 is 1.25 bits per heavy atom. The van der Waals surface area contributed by atoms with Gasteiger partial charge in [-0.3, -0.25) is 14.4 Å². The third kappa shape index (κ3) is 6.56. The van der Waals surface area contributed by atoms with Crippen molar-refractivity contribution in [3.8, 4) is 0 Å². The van der Waals surface area contributed by atoms with Crippen LogP contribution < -0.4 is 0 Å². The minimum absolute atomic E-state index is 0.00240. The number of hydrogen-bond acceptors (Lipinski definition) is 4. The van der Waals surface area contributed by atoms with Crippen molar-refractivity contribution in [2.24, 2.45) is 0 Å². The van der Waals surface area contributed by atoms with Crippen LogP contribution in [-0.4, -0.2) is 81.9 Å². The molecule has 0 saturated carbocycles. The SMILES string of the molecule is C[C@@H]1CN(CCC(=O)N2CCC(C)(O)CC2)C(=O)CCN1C(=O)/C=C/c1cccc(Cl)c1. The summed E-state index contributed by atoms with van der Waals surface area (Å²) in [5.41, 5.74) is 0.133. The van der Waals surface area contributed by atoms with E-state index in [4.69, 9.17) is 11.6 Å². The molecule has 3 rings (SSSR count). The summed E-state index contributed by atoms with van der Waals surface area (Å²) < 4.78 is 0. The molecule has 32 heavy (non-hydrogen) atoms. The number of amides is 3. The highest BCUT2D eigenvalue weighted by atomic mass is 35.5. The second-order valence-corrected chi connectivity index (χ2v) is 9.42. The van der Waals surface area contributed by atoms with E-state index in [-0.39, 0.29) is 36.6 Å². The van der Waals surface area contributed by atoms with E-state index in [1.807, 2.05) is 19.1 Å². The molecular formula is C24H32ClN3O4. The molecule has 0 aliphatic carbocycles. The Kier molecular flexibility index (Phi) is 7.96. The Hall–Kier alpha value is -2.38. The predicted octanol–water partition coefficient (Wildman–Crippen LogP) is 2.57. The number of likely N-dealkylation sites (tertiary alicyclic amines) is 1. The maximum absolute atomic E-state index is 12.8. The van der Waals surface area contributed by atoms with Crippen molar-refractivity contribution in [1.29, 1.82) is 0 Å². The summed E-state index contributed by atoms with van der Waals surface area (Å²) in [4.78, 5) is 43.1. The number of hydrogen-bond donors (Lipinski definition) is 1. The van der Waals surface area contributed by atoms with E-state index < -0.39 is 5.60 Å². The summed E-state index contributed by atoms with van der Waals surface area (Å²) in [7, 11) is 0. The second-order valence-electron chi connectivity index (χ2n) is 8.99. The fraction of sp³-hybridized carbons (Fsp3) is 0.542. The summed E-state index contributed by atoms with van der Waals surface area (Å²) in [6.45, 7) is 5.89. The average Bonchev–Trinajstić information content (AvgIpc) is 2.88. The van der Waals surface area contributed by atoms with Gasteiger partial charge in [0.05, 0.1) is 5.60 Å². The molecule has 0 radical (unpaired) electrons. The molecule has 2 saturated heterocycles. The first-order valence-electron chi connectivity index (χ1n) is 11.2. The summed E-state index contributed by atoms with van der Waals surface area (Å²) >= 11 is 5.99. The number of carbonyl (C=O) groups is 3. The Labute approximate surface area is 194 Å². The van der Waals surface area contributed by atoms with Crippen LogP contribution in [0.1, 0.15) is 45.1 Å². The number of benzene rings is 1. The lowest BCUT2D eigenvalue weighted by atomic mass is 9.94. The zero-order chi connectivity index (χ0) is 23.3. The molecule has 0 aromatic heterocycles. The first-order chi connectivity index (χ1) is 15.1. The number of nitrogens with zero attached hydrogens (tertiary/aromatic N) is 3. The average molecular weight is 462 g/mol. The molecule has 1 atom stereocenters. The van der Waals surface area contributed by atoms with Gasteiger partial charge in [-0.25, -0.2) is 0 Å². The normalized spacial score (nSPS) is 21.7. The van der Waals surface area contributed by atoms with Gasteiger partial charge in [-0.1, -0.05) is 23.7 Å². The van der Waals surface area contributed by atoms with Crippen LogP contribution in [0.15, 0.2) is 30.3 Å². The quantitative estimate of drug-likeness (QED) is 0.683. The molecule has 0 unspecified atom stereocenters. The van der Waals surface area contributed by atoms with Crippen molar-refractivity contribution >= 4 is 35.4 Å². The monoisotopic (exact) mass is 461 g/mol. The predicted molar refractivity (Wildman–Crippen MR) is 124 cm³/mol. The van der Waals surface area contributed by atoms with Crippen molar-refractivity contribution in [1.82, 2.24) is 14.7 Å². The molecule has 0 spiro atoms. The van der Waals surface area contributed by atoms with Crippen molar-refractivity contribution in [3.05, 3.63) is 40.9 Å². The molecule has 1 aromatic carbocycles. The highest BCUT2D eigenvalue weighted by Gasteiger charge is 2.31. The molecule has 1 aromatic rings. The second kappa shape index (κ2) is 10.5. The first-order valence-corrected chi connectivity index (χ1v) is 11.5. The molecule has 3 amide bonds. The summed E-state index contributed by atoms with van der Waals surface area (Å²) in [5, 5.41) is 10.7. The van der Waals surface area contributed by atoms with Crippen LogP contribution in [0.4, 0.5) is 0 Å². The Morgan fingerprint density at radius 2 is 1.97 bits per heavy atom. The Morgan fingerprint density at radius 3 is 2.66 bits per heavy atom. The van der Waals surface area contributed by atoms with Gasteiger partial charge < -0.3 is 19.8 Å². The van der Waals surface area contributed by atoms with E-state index in [0.29, 0.717) is 50.6 Å². The fourth-order valence-electron chi connectivity index (χ4n) is 4.16. The smallest absolute Gasteiger partial charge is 0.246 e. The van der Waals surface area contributed by atoms with Crippen molar-refractivity contribution < 1.29 is 19.5 Å². The van der Waals surface area contributed by atoms with E-state index >= 15 is 0 Å². The van der Waals surface area contributed by atoms with Crippen molar-refractivity contribution in [2.75, 3.05) is 32.7 Å². The maximum atomic E-state index is 12.8. The highest BCUT2D eigenvalue weighted by Crippen LogP contribution is 2.22. The molecule has 2 heterocycles. The molecule has 7 nitrogen and oxygen atoms in total. The van der Waals surface area contributed by atoms with Crippen LogP contribution in [0.2, 0.25) is 5.02 Å². The van der Waals surface area contributed by atoms with Crippen LogP contribution >= 0.6 is 11.6 Å². The van der Waals surface area contributed by atoms with Crippen LogP contribution in [0.25, 0.3) is 6.08 Å². The van der Waals surface area contributed by atoms with Gasteiger partial charge in [-0.15, -0.1) is 0 Å². The lowest BCUT2D eigenvalue weighted by molar-refractivity contribution is -0.136. The minimum atomic E-state index is -0.704. The number of aliphatic hydroxyl groups is 1. The molecule has 174 valence electrons. The van der Waals surface area contributed by atoms with Gasteiger partial charge in [0.25, 0.3) is 0 Å². The van der Waals surface area contributed by atoms with Gasteiger partial charge >= 0.3 is 0 Å². The molecule has 2 aliphatic heterocycles. The van der Waals surface area contributed by atoms with Gasteiger partial charge in [-0.2, -0.15) is 0 Å². The molecule has 1 N–H and O–H groups in total. The van der Waals surface area contributed by atoms with Crippen molar-refractivity contribution in [2.45, 2.75) is 51.2 Å². The maximum Gasteiger partial charge on any atom is 0.246 e. The lowest BCUT2D eigenvalue weighted by Crippen LogP contribution is -2.46. The first kappa shape index (κ1) is 24.3. The lowest BCUT2D eigenvalue weighted by Gasteiger charge is -2.36. The standard InChI is InChI=1S/C24H32ClN3O4/c1-18-17-27(12-8-21(29)26-14-10-24(2,32)11-15-26)22(30)9-13-28(18)23(31)7-6-19-4-3-5-20(25)16-19/h3-7,16,18,32H,8-15,17H2,1-2H3/b7-6+/t18-/m1/s1. The topological polar surface area (TPSA) is 81.2 Å². The van der Waals surface area contributed by atoms with Crippen LogP contribution in [0.5, 0.6) is 0 Å². The summed E-state index contributed by atoms with van der Waals surface area (Å²) in [6.07, 6.45) is 4.86. The van der Waals surface area contributed by atoms with Crippen LogP contribution in [0.3, 0.4) is 0 Å². The summed E-state index contributed by atoms with van der Waals surface area (Å²) in [5.74, 6) is -0.188. The fourth-order valence-corrected chi connectivity index (χ4v) is 4.36. The van der Waals surface area contributed by atoms with Gasteiger partial charge in [0, 0.05) is 62.7 Å². The number of carbonyl (C=O) groups excluding carboxylic acids is 3. The van der Waals surface area contributed by atoms with Crippen molar-refractivity contribution in [3.63, 3.8) is 0 Å². The zero-order valence-corrected chi connectivity index (χ0v) is 19.6. The highest BCUT2D eigenvalue weighted by molar-refractivity contribution is 6.30. The summed E-state index contributed by atoms with van der Waals surface area (Å²) in [6, 6.07) is 7.09. The number of halogens is 1. The third-order valence-corrected chi connectivity index (χ3v) is 6.51. The molecule has 2 aliphatic rings. The molecule has 0 bridgehead atoms. The number of rotatable bonds is 5. The van der Waals surface area contributed by atoms with E-state index in [0.717, 1.165) is 5.56 Å². The van der Waals surface area contributed by atoms with E-state index in [1.165, 1.54) is 6.08 Å².